The van der Waals surface area contributed by atoms with Crippen LogP contribution in [0.25, 0.3) is 22.3 Å². The first-order valence-electron chi connectivity index (χ1n) is 10.9. The zero-order valence-electron chi connectivity index (χ0n) is 18.2. The average Bonchev–Trinajstić information content (AvgIpc) is 2.85. The molecule has 0 fully saturated rings. The number of halogens is 2. The van der Waals surface area contributed by atoms with E-state index in [2.05, 4.69) is 57.7 Å². The van der Waals surface area contributed by atoms with Gasteiger partial charge in [0.25, 0.3) is 0 Å². The van der Waals surface area contributed by atoms with Crippen LogP contribution in [0.1, 0.15) is 0 Å². The number of anilines is 3. The number of thiol groups is 1. The zero-order valence-corrected chi connectivity index (χ0v) is 20.7. The third-order valence-corrected chi connectivity index (χ3v) is 6.37. The van der Waals surface area contributed by atoms with E-state index < -0.39 is 0 Å². The molecule has 0 N–H and O–H groups in total. The molecule has 0 aliphatic carbocycles. The maximum Gasteiger partial charge on any atom is 0.133 e. The second kappa shape index (κ2) is 9.88. The van der Waals surface area contributed by atoms with E-state index >= 15 is 4.39 Å². The van der Waals surface area contributed by atoms with Gasteiger partial charge in [-0.3, -0.25) is 0 Å². The number of hydrogen-bond acceptors (Lipinski definition) is 2. The molecule has 4 heteroatoms. The van der Waals surface area contributed by atoms with Crippen molar-refractivity contribution in [1.29, 1.82) is 0 Å². The monoisotopic (exact) mass is 525 g/mol. The lowest BCUT2D eigenvalue weighted by Gasteiger charge is -2.28. The second-order valence-electron chi connectivity index (χ2n) is 7.92. The number of benzene rings is 5. The van der Waals surface area contributed by atoms with Gasteiger partial charge in [0.2, 0.25) is 0 Å². The van der Waals surface area contributed by atoms with E-state index in [0.29, 0.717) is 5.56 Å². The minimum atomic E-state index is -0.271. The third kappa shape index (κ3) is 4.65. The van der Waals surface area contributed by atoms with Crippen LogP contribution in [0.15, 0.2) is 131 Å². The highest BCUT2D eigenvalue weighted by molar-refractivity contribution is 9.10. The zero-order chi connectivity index (χ0) is 23.5. The lowest BCUT2D eigenvalue weighted by molar-refractivity contribution is 0.631. The van der Waals surface area contributed by atoms with Crippen LogP contribution in [-0.4, -0.2) is 0 Å². The summed E-state index contributed by atoms with van der Waals surface area (Å²) in [7, 11) is 0. The van der Waals surface area contributed by atoms with Crippen LogP contribution in [0.3, 0.4) is 0 Å². The predicted molar refractivity (Wildman–Crippen MR) is 147 cm³/mol. The Labute approximate surface area is 213 Å². The van der Waals surface area contributed by atoms with E-state index in [1.807, 2.05) is 91.0 Å². The fourth-order valence-corrected chi connectivity index (χ4v) is 5.07. The summed E-state index contributed by atoms with van der Waals surface area (Å²) in [5.41, 5.74) is 6.13. The van der Waals surface area contributed by atoms with E-state index in [4.69, 9.17) is 0 Å². The average molecular weight is 526 g/mol. The van der Waals surface area contributed by atoms with Gasteiger partial charge in [-0.05, 0) is 53.6 Å². The number of rotatable bonds is 5. The molecule has 0 saturated heterocycles. The highest BCUT2D eigenvalue weighted by atomic mass is 79.9. The molecule has 5 aromatic rings. The van der Waals surface area contributed by atoms with Crippen LogP contribution in [0.4, 0.5) is 21.5 Å². The van der Waals surface area contributed by atoms with E-state index in [9.17, 15) is 0 Å². The van der Waals surface area contributed by atoms with Gasteiger partial charge in [0, 0.05) is 31.9 Å². The summed E-state index contributed by atoms with van der Waals surface area (Å²) in [6.45, 7) is 0. The molecule has 34 heavy (non-hydrogen) atoms. The van der Waals surface area contributed by atoms with Gasteiger partial charge in [0.05, 0.1) is 5.69 Å². The van der Waals surface area contributed by atoms with Crippen molar-refractivity contribution >= 4 is 45.6 Å². The van der Waals surface area contributed by atoms with Gasteiger partial charge < -0.3 is 4.90 Å². The molecule has 0 saturated carbocycles. The standard InChI is InChI=1S/C30H21BrFNS/c31-23-17-25(19-26(34)18-23)33(30-14-8-7-13-28(30)22-11-5-2-6-12-22)24-15-16-27(29(32)20-24)21-9-3-1-4-10-21/h1-20,34H. The molecule has 0 aliphatic heterocycles. The van der Waals surface area contributed by atoms with Gasteiger partial charge in [-0.25, -0.2) is 4.39 Å². The first-order valence-corrected chi connectivity index (χ1v) is 12.1. The molecular formula is C30H21BrFNS. The predicted octanol–water partition coefficient (Wildman–Crippen LogP) is 9.68. The van der Waals surface area contributed by atoms with E-state index in [-0.39, 0.29) is 5.82 Å². The lowest BCUT2D eigenvalue weighted by atomic mass is 10.0. The third-order valence-electron chi connectivity index (χ3n) is 5.65. The van der Waals surface area contributed by atoms with E-state index in [1.54, 1.807) is 6.07 Å². The summed E-state index contributed by atoms with van der Waals surface area (Å²) in [5.74, 6) is -0.271. The van der Waals surface area contributed by atoms with Gasteiger partial charge in [0.15, 0.2) is 0 Å². The molecule has 0 radical (unpaired) electrons. The van der Waals surface area contributed by atoms with Gasteiger partial charge in [0.1, 0.15) is 5.82 Å². The summed E-state index contributed by atoms with van der Waals surface area (Å²) in [4.78, 5) is 2.89. The number of nitrogens with zero attached hydrogens (tertiary/aromatic N) is 1. The molecule has 0 aliphatic rings. The van der Waals surface area contributed by atoms with Gasteiger partial charge >= 0.3 is 0 Å². The van der Waals surface area contributed by atoms with Crippen molar-refractivity contribution in [3.8, 4) is 22.3 Å². The van der Waals surface area contributed by atoms with Crippen molar-refractivity contribution < 1.29 is 4.39 Å². The molecule has 5 rings (SSSR count). The van der Waals surface area contributed by atoms with Crippen molar-refractivity contribution in [2.24, 2.45) is 0 Å². The minimum Gasteiger partial charge on any atom is -0.310 e. The summed E-state index contributed by atoms with van der Waals surface area (Å²) in [5, 5.41) is 0. The fraction of sp³-hybridized carbons (Fsp3) is 0. The van der Waals surface area contributed by atoms with E-state index in [1.165, 1.54) is 0 Å². The van der Waals surface area contributed by atoms with Crippen LogP contribution in [0, 0.1) is 5.82 Å². The summed E-state index contributed by atoms with van der Waals surface area (Å²) in [6, 6.07) is 39.3. The Kier molecular flexibility index (Phi) is 6.52. The largest absolute Gasteiger partial charge is 0.310 e. The maximum atomic E-state index is 15.5. The Morgan fingerprint density at radius 2 is 1.21 bits per heavy atom. The molecule has 0 atom stereocenters. The summed E-state index contributed by atoms with van der Waals surface area (Å²) >= 11 is 8.19. The summed E-state index contributed by atoms with van der Waals surface area (Å²) in [6.07, 6.45) is 0. The molecular weight excluding hydrogens is 505 g/mol. The first kappa shape index (κ1) is 22.5. The molecule has 0 unspecified atom stereocenters. The highest BCUT2D eigenvalue weighted by Crippen LogP contribution is 2.42. The Bertz CT molecular complexity index is 1420. The molecule has 166 valence electrons. The van der Waals surface area contributed by atoms with Gasteiger partial charge in [-0.1, -0.05) is 94.8 Å². The topological polar surface area (TPSA) is 3.24 Å². The Morgan fingerprint density at radius 1 is 0.588 bits per heavy atom. The fourth-order valence-electron chi connectivity index (χ4n) is 4.14. The van der Waals surface area contributed by atoms with E-state index in [0.717, 1.165) is 43.1 Å². The van der Waals surface area contributed by atoms with Crippen molar-refractivity contribution in [3.63, 3.8) is 0 Å². The molecule has 0 spiro atoms. The van der Waals surface area contributed by atoms with Crippen LogP contribution in [0.2, 0.25) is 0 Å². The Balaban J connectivity index is 1.71. The van der Waals surface area contributed by atoms with Gasteiger partial charge in [-0.2, -0.15) is 0 Å². The first-order chi connectivity index (χ1) is 16.6. The molecule has 0 bridgehead atoms. The smallest absolute Gasteiger partial charge is 0.133 e. The summed E-state index contributed by atoms with van der Waals surface area (Å²) < 4.78 is 16.4. The maximum absolute atomic E-state index is 15.5. The Morgan fingerprint density at radius 3 is 1.85 bits per heavy atom. The van der Waals surface area contributed by atoms with Crippen LogP contribution < -0.4 is 4.90 Å². The normalized spacial score (nSPS) is 10.8. The quantitative estimate of drug-likeness (QED) is 0.223. The highest BCUT2D eigenvalue weighted by Gasteiger charge is 2.19. The molecule has 0 heterocycles. The van der Waals surface area contributed by atoms with Crippen molar-refractivity contribution in [2.75, 3.05) is 4.90 Å². The van der Waals surface area contributed by atoms with Gasteiger partial charge in [-0.15, -0.1) is 12.6 Å². The number of hydrogen-bond donors (Lipinski definition) is 1. The van der Waals surface area contributed by atoms with Crippen molar-refractivity contribution in [2.45, 2.75) is 4.90 Å². The number of para-hydroxylation sites is 1. The lowest BCUT2D eigenvalue weighted by Crippen LogP contribution is -2.12. The van der Waals surface area contributed by atoms with Crippen LogP contribution in [0.5, 0.6) is 0 Å². The van der Waals surface area contributed by atoms with Crippen molar-refractivity contribution in [1.82, 2.24) is 0 Å². The minimum absolute atomic E-state index is 0.271. The Hall–Kier alpha value is -3.34. The molecule has 0 aromatic heterocycles. The molecule has 5 aromatic carbocycles. The van der Waals surface area contributed by atoms with Crippen molar-refractivity contribution in [3.05, 3.63) is 132 Å². The molecule has 1 nitrogen and oxygen atoms in total. The van der Waals surface area contributed by atoms with Crippen LogP contribution >= 0.6 is 28.6 Å². The second-order valence-corrected chi connectivity index (χ2v) is 9.35. The SMILES string of the molecule is Fc1cc(N(c2cc(S)cc(Br)c2)c2ccccc2-c2ccccc2)ccc1-c1ccccc1. The molecule has 0 amide bonds. The van der Waals surface area contributed by atoms with Crippen LogP contribution in [-0.2, 0) is 0 Å².